The molecule has 2 rings (SSSR count). The van der Waals surface area contributed by atoms with Crippen LogP contribution in [0.2, 0.25) is 0 Å². The first kappa shape index (κ1) is 18.9. The number of carbonyl (C=O) groups is 1. The number of nitrogens with one attached hydrogen (secondary N) is 1. The number of rotatable bonds is 5. The molecule has 1 aliphatic rings. The molecule has 4 nitrogen and oxygen atoms in total. The summed E-state index contributed by atoms with van der Waals surface area (Å²) >= 11 is 0. The number of benzene rings is 1. The maximum atomic E-state index is 12.8. The Balaban J connectivity index is 2.09. The van der Waals surface area contributed by atoms with E-state index in [4.69, 9.17) is 0 Å². The highest BCUT2D eigenvalue weighted by atomic mass is 16.3. The van der Waals surface area contributed by atoms with Gasteiger partial charge >= 0.3 is 0 Å². The minimum Gasteiger partial charge on any atom is -0.384 e. The average Bonchev–Trinajstić information content (AvgIpc) is 2.53. The standard InChI is InChI=1S/C20H31NO3/c1-14(2)17-11-10-15(3)12-20(17,24)18(22)21-13-19(4,23)16-8-6-5-7-9-16/h5-9,14-15,17,23-24H,10-13H2,1-4H3,(H,21,22). The summed E-state index contributed by atoms with van der Waals surface area (Å²) in [7, 11) is 0. The first-order valence-electron chi connectivity index (χ1n) is 8.95. The third-order valence-electron chi connectivity index (χ3n) is 5.43. The molecule has 0 aromatic heterocycles. The molecule has 0 bridgehead atoms. The van der Waals surface area contributed by atoms with Crippen molar-refractivity contribution >= 4 is 5.91 Å². The van der Waals surface area contributed by atoms with E-state index in [2.05, 4.69) is 26.1 Å². The van der Waals surface area contributed by atoms with Crippen molar-refractivity contribution in [1.29, 1.82) is 0 Å². The molecule has 1 aliphatic carbocycles. The lowest BCUT2D eigenvalue weighted by Crippen LogP contribution is -2.57. The normalized spacial score (nSPS) is 30.0. The highest BCUT2D eigenvalue weighted by Crippen LogP contribution is 2.41. The zero-order chi connectivity index (χ0) is 18.0. The van der Waals surface area contributed by atoms with E-state index in [-0.39, 0.29) is 24.3 Å². The van der Waals surface area contributed by atoms with Crippen LogP contribution >= 0.6 is 0 Å². The summed E-state index contributed by atoms with van der Waals surface area (Å²) in [6, 6.07) is 9.27. The van der Waals surface area contributed by atoms with Crippen LogP contribution in [0.1, 0.15) is 52.5 Å². The molecule has 1 aromatic rings. The van der Waals surface area contributed by atoms with Gasteiger partial charge in [-0.15, -0.1) is 0 Å². The number of aliphatic hydroxyl groups is 2. The summed E-state index contributed by atoms with van der Waals surface area (Å²) in [4.78, 5) is 12.8. The fourth-order valence-corrected chi connectivity index (χ4v) is 3.94. The summed E-state index contributed by atoms with van der Waals surface area (Å²) in [5, 5.41) is 24.6. The second-order valence-corrected chi connectivity index (χ2v) is 7.98. The fraction of sp³-hybridized carbons (Fsp3) is 0.650. The van der Waals surface area contributed by atoms with E-state index in [9.17, 15) is 15.0 Å². The van der Waals surface area contributed by atoms with Gasteiger partial charge in [0.15, 0.2) is 0 Å². The largest absolute Gasteiger partial charge is 0.384 e. The molecule has 0 radical (unpaired) electrons. The van der Waals surface area contributed by atoms with Crippen LogP contribution in [0.25, 0.3) is 0 Å². The quantitative estimate of drug-likeness (QED) is 0.776. The zero-order valence-corrected chi connectivity index (χ0v) is 15.2. The first-order valence-corrected chi connectivity index (χ1v) is 8.95. The van der Waals surface area contributed by atoms with Crippen LogP contribution < -0.4 is 5.32 Å². The van der Waals surface area contributed by atoms with Gasteiger partial charge in [0.05, 0.1) is 6.54 Å². The molecule has 24 heavy (non-hydrogen) atoms. The van der Waals surface area contributed by atoms with Gasteiger partial charge in [-0.1, -0.05) is 57.5 Å². The number of hydrogen-bond acceptors (Lipinski definition) is 3. The smallest absolute Gasteiger partial charge is 0.252 e. The lowest BCUT2D eigenvalue weighted by molar-refractivity contribution is -0.156. The fourth-order valence-electron chi connectivity index (χ4n) is 3.94. The summed E-state index contributed by atoms with van der Waals surface area (Å²) in [5.74, 6) is 0.160. The monoisotopic (exact) mass is 333 g/mol. The molecule has 1 aromatic carbocycles. The van der Waals surface area contributed by atoms with Gasteiger partial charge in [0, 0.05) is 0 Å². The molecule has 1 amide bonds. The van der Waals surface area contributed by atoms with Gasteiger partial charge in [-0.3, -0.25) is 4.79 Å². The molecule has 134 valence electrons. The Morgan fingerprint density at radius 3 is 2.54 bits per heavy atom. The van der Waals surface area contributed by atoms with Crippen LogP contribution in [-0.4, -0.2) is 28.3 Å². The van der Waals surface area contributed by atoms with E-state index >= 15 is 0 Å². The van der Waals surface area contributed by atoms with Gasteiger partial charge in [-0.25, -0.2) is 0 Å². The highest BCUT2D eigenvalue weighted by Gasteiger charge is 2.48. The Kier molecular flexibility index (Phi) is 5.71. The lowest BCUT2D eigenvalue weighted by atomic mass is 9.66. The van der Waals surface area contributed by atoms with E-state index in [1.807, 2.05) is 30.3 Å². The first-order chi connectivity index (χ1) is 11.2. The minimum atomic E-state index is -1.35. The predicted molar refractivity (Wildman–Crippen MR) is 95.3 cm³/mol. The van der Waals surface area contributed by atoms with Gasteiger partial charge in [0.1, 0.15) is 11.2 Å². The Bertz CT molecular complexity index is 555. The summed E-state index contributed by atoms with van der Waals surface area (Å²) in [6.07, 6.45) is 2.38. The Morgan fingerprint density at radius 2 is 1.96 bits per heavy atom. The van der Waals surface area contributed by atoms with Crippen molar-refractivity contribution in [2.24, 2.45) is 17.8 Å². The predicted octanol–water partition coefficient (Wildman–Crippen LogP) is 2.83. The summed E-state index contributed by atoms with van der Waals surface area (Å²) < 4.78 is 0. The lowest BCUT2D eigenvalue weighted by Gasteiger charge is -2.43. The third-order valence-corrected chi connectivity index (χ3v) is 5.43. The van der Waals surface area contributed by atoms with Crippen LogP contribution in [0.15, 0.2) is 30.3 Å². The molecule has 3 N–H and O–H groups in total. The number of hydrogen-bond donors (Lipinski definition) is 3. The van der Waals surface area contributed by atoms with Crippen molar-refractivity contribution in [2.45, 2.75) is 58.2 Å². The van der Waals surface area contributed by atoms with Crippen molar-refractivity contribution in [2.75, 3.05) is 6.54 Å². The second-order valence-electron chi connectivity index (χ2n) is 7.98. The van der Waals surface area contributed by atoms with E-state index in [0.717, 1.165) is 18.4 Å². The van der Waals surface area contributed by atoms with Crippen molar-refractivity contribution in [3.8, 4) is 0 Å². The molecule has 4 unspecified atom stereocenters. The summed E-state index contributed by atoms with van der Waals surface area (Å²) in [6.45, 7) is 7.94. The third kappa shape index (κ3) is 3.98. The van der Waals surface area contributed by atoms with Crippen LogP contribution in [0, 0.1) is 17.8 Å². The van der Waals surface area contributed by atoms with Crippen molar-refractivity contribution in [3.63, 3.8) is 0 Å². The van der Waals surface area contributed by atoms with E-state index < -0.39 is 11.2 Å². The van der Waals surface area contributed by atoms with Gasteiger partial charge in [0.25, 0.3) is 5.91 Å². The minimum absolute atomic E-state index is 0.0459. The summed E-state index contributed by atoms with van der Waals surface area (Å²) in [5.41, 5.74) is -1.77. The molecule has 1 fully saturated rings. The molecule has 4 atom stereocenters. The van der Waals surface area contributed by atoms with Crippen molar-refractivity contribution < 1.29 is 15.0 Å². The van der Waals surface area contributed by atoms with Gasteiger partial charge in [-0.2, -0.15) is 0 Å². The molecular weight excluding hydrogens is 302 g/mol. The Labute approximate surface area is 145 Å². The maximum absolute atomic E-state index is 12.8. The van der Waals surface area contributed by atoms with Crippen LogP contribution in [0.3, 0.4) is 0 Å². The van der Waals surface area contributed by atoms with Gasteiger partial charge in [0.2, 0.25) is 0 Å². The van der Waals surface area contributed by atoms with E-state index in [0.29, 0.717) is 12.3 Å². The topological polar surface area (TPSA) is 69.6 Å². The Hall–Kier alpha value is -1.39. The van der Waals surface area contributed by atoms with Crippen molar-refractivity contribution in [3.05, 3.63) is 35.9 Å². The van der Waals surface area contributed by atoms with E-state index in [1.165, 1.54) is 0 Å². The average molecular weight is 333 g/mol. The molecule has 0 spiro atoms. The number of carbonyl (C=O) groups excluding carboxylic acids is 1. The van der Waals surface area contributed by atoms with Crippen LogP contribution in [0.4, 0.5) is 0 Å². The SMILES string of the molecule is CC1CCC(C(C)C)C(O)(C(=O)NCC(C)(O)c2ccccc2)C1. The molecule has 0 heterocycles. The maximum Gasteiger partial charge on any atom is 0.252 e. The van der Waals surface area contributed by atoms with Gasteiger partial charge in [-0.05, 0) is 43.1 Å². The molecule has 0 aliphatic heterocycles. The highest BCUT2D eigenvalue weighted by molar-refractivity contribution is 5.85. The van der Waals surface area contributed by atoms with Crippen LogP contribution in [-0.2, 0) is 10.4 Å². The second kappa shape index (κ2) is 7.24. The van der Waals surface area contributed by atoms with Gasteiger partial charge < -0.3 is 15.5 Å². The van der Waals surface area contributed by atoms with E-state index in [1.54, 1.807) is 6.92 Å². The molecule has 4 heteroatoms. The molecule has 0 saturated heterocycles. The molecule has 1 saturated carbocycles. The zero-order valence-electron chi connectivity index (χ0n) is 15.2. The van der Waals surface area contributed by atoms with Crippen molar-refractivity contribution in [1.82, 2.24) is 5.32 Å². The molecular formula is C20H31NO3. The Morgan fingerprint density at radius 1 is 1.33 bits per heavy atom. The van der Waals surface area contributed by atoms with Crippen LogP contribution in [0.5, 0.6) is 0 Å². The number of amides is 1.